The Balaban J connectivity index is 1.76. The molecule has 0 unspecified atom stereocenters. The van der Waals surface area contributed by atoms with E-state index in [2.05, 4.69) is 21.2 Å². The summed E-state index contributed by atoms with van der Waals surface area (Å²) in [5.41, 5.74) is 2.53. The minimum atomic E-state index is -0.791. The number of aryl methyl sites for hydroxylation is 1. The molecule has 0 saturated carbocycles. The third kappa shape index (κ3) is 3.69. The van der Waals surface area contributed by atoms with E-state index in [0.29, 0.717) is 20.9 Å². The first-order valence-electron chi connectivity index (χ1n) is 8.96. The first-order chi connectivity index (χ1) is 14.3. The van der Waals surface area contributed by atoms with Gasteiger partial charge in [-0.2, -0.15) is 0 Å². The predicted octanol–water partition coefficient (Wildman–Crippen LogP) is 4.87. The Kier molecular flexibility index (Phi) is 5.32. The fraction of sp³-hybridized carbons (Fsp3) is 0.0455. The van der Waals surface area contributed by atoms with Crippen LogP contribution in [-0.2, 0) is 9.59 Å². The average molecular weight is 485 g/mol. The van der Waals surface area contributed by atoms with Crippen molar-refractivity contribution < 1.29 is 14.4 Å². The maximum absolute atomic E-state index is 13.1. The van der Waals surface area contributed by atoms with E-state index >= 15 is 0 Å². The van der Waals surface area contributed by atoms with Crippen molar-refractivity contribution in [3.63, 3.8) is 0 Å². The lowest BCUT2D eigenvalue weighted by Gasteiger charge is -2.26. The van der Waals surface area contributed by atoms with Gasteiger partial charge in [-0.25, -0.2) is 9.69 Å². The minimum Gasteiger partial charge on any atom is -0.317 e. The molecule has 150 valence electrons. The summed E-state index contributed by atoms with van der Waals surface area (Å²) >= 11 is 9.57. The van der Waals surface area contributed by atoms with Crippen molar-refractivity contribution in [2.45, 2.75) is 6.92 Å². The molecule has 0 aliphatic carbocycles. The van der Waals surface area contributed by atoms with E-state index in [9.17, 15) is 14.4 Å². The van der Waals surface area contributed by atoms with E-state index in [0.717, 1.165) is 16.2 Å². The van der Waals surface area contributed by atoms with Crippen LogP contribution in [0, 0.1) is 6.92 Å². The van der Waals surface area contributed by atoms with E-state index in [1.54, 1.807) is 53.2 Å². The number of aromatic nitrogens is 1. The number of carbonyl (C=O) groups excluding carboxylic acids is 3. The quantitative estimate of drug-likeness (QED) is 0.426. The monoisotopic (exact) mass is 483 g/mol. The molecule has 1 N–H and O–H groups in total. The van der Waals surface area contributed by atoms with Crippen LogP contribution in [-0.4, -0.2) is 22.4 Å². The number of nitrogens with zero attached hydrogens (tertiary/aromatic N) is 2. The van der Waals surface area contributed by atoms with E-state index in [4.69, 9.17) is 11.6 Å². The van der Waals surface area contributed by atoms with Gasteiger partial charge in [0.25, 0.3) is 11.8 Å². The van der Waals surface area contributed by atoms with Gasteiger partial charge in [-0.05, 0) is 61.0 Å². The summed E-state index contributed by atoms with van der Waals surface area (Å²) in [6, 6.07) is 15.1. The van der Waals surface area contributed by atoms with Crippen LogP contribution in [0.5, 0.6) is 0 Å². The van der Waals surface area contributed by atoms with E-state index < -0.39 is 17.8 Å². The fourth-order valence-corrected chi connectivity index (χ4v) is 3.70. The molecule has 0 radical (unpaired) electrons. The molecular weight excluding hydrogens is 470 g/mol. The molecule has 1 aromatic heterocycles. The number of imide groups is 2. The predicted molar refractivity (Wildman–Crippen MR) is 119 cm³/mol. The van der Waals surface area contributed by atoms with Gasteiger partial charge in [0.05, 0.1) is 5.69 Å². The van der Waals surface area contributed by atoms with Gasteiger partial charge in [-0.1, -0.05) is 39.7 Å². The molecule has 1 aliphatic rings. The number of hydrogen-bond acceptors (Lipinski definition) is 3. The molecule has 0 spiro atoms. The first-order valence-corrected chi connectivity index (χ1v) is 10.1. The number of benzene rings is 2. The maximum Gasteiger partial charge on any atom is 0.335 e. The molecule has 8 heteroatoms. The number of barbiturate groups is 1. The van der Waals surface area contributed by atoms with Gasteiger partial charge < -0.3 is 4.57 Å². The molecule has 30 heavy (non-hydrogen) atoms. The largest absolute Gasteiger partial charge is 0.335 e. The van der Waals surface area contributed by atoms with E-state index in [1.807, 2.05) is 19.1 Å². The number of amides is 4. The van der Waals surface area contributed by atoms with Crippen molar-refractivity contribution in [1.29, 1.82) is 0 Å². The van der Waals surface area contributed by atoms with Crippen molar-refractivity contribution in [3.05, 3.63) is 87.1 Å². The van der Waals surface area contributed by atoms with Crippen LogP contribution in [0.3, 0.4) is 0 Å². The van der Waals surface area contributed by atoms with Crippen LogP contribution in [0.1, 0.15) is 11.3 Å². The topological polar surface area (TPSA) is 71.4 Å². The molecule has 2 aromatic carbocycles. The van der Waals surface area contributed by atoms with Crippen molar-refractivity contribution in [2.24, 2.45) is 0 Å². The maximum atomic E-state index is 13.1. The normalized spacial score (nSPS) is 15.6. The number of carbonyl (C=O) groups is 3. The standard InChI is InChI=1S/C22H15BrClN3O3/c1-13-7-8-16(12-19(13)24)26-9-3-6-15(26)11-18-20(28)25-22(30)27(21(18)29)17-5-2-4-14(23)10-17/h2-12H,1H3,(H,25,28,30)/b18-11+. The van der Waals surface area contributed by atoms with E-state index in [1.165, 1.54) is 6.08 Å². The molecule has 4 amide bonds. The Labute approximate surface area is 185 Å². The molecule has 1 fully saturated rings. The summed E-state index contributed by atoms with van der Waals surface area (Å²) in [6.07, 6.45) is 3.26. The molecule has 0 atom stereocenters. The highest BCUT2D eigenvalue weighted by molar-refractivity contribution is 9.10. The molecule has 4 rings (SSSR count). The highest BCUT2D eigenvalue weighted by Crippen LogP contribution is 2.26. The molecule has 2 heterocycles. The summed E-state index contributed by atoms with van der Waals surface area (Å²) in [5.74, 6) is -1.44. The van der Waals surface area contributed by atoms with Crippen molar-refractivity contribution in [1.82, 2.24) is 9.88 Å². The van der Waals surface area contributed by atoms with Gasteiger partial charge in [0.1, 0.15) is 5.57 Å². The highest BCUT2D eigenvalue weighted by Gasteiger charge is 2.37. The van der Waals surface area contributed by atoms with Crippen LogP contribution in [0.25, 0.3) is 11.8 Å². The third-order valence-corrected chi connectivity index (χ3v) is 5.57. The second kappa shape index (κ2) is 7.93. The Morgan fingerprint density at radius 1 is 1.00 bits per heavy atom. The number of rotatable bonds is 3. The summed E-state index contributed by atoms with van der Waals surface area (Å²) in [7, 11) is 0. The molecule has 1 aliphatic heterocycles. The van der Waals surface area contributed by atoms with Crippen molar-refractivity contribution >= 4 is 57.1 Å². The van der Waals surface area contributed by atoms with Gasteiger partial charge in [-0.3, -0.25) is 14.9 Å². The molecule has 1 saturated heterocycles. The third-order valence-electron chi connectivity index (χ3n) is 4.67. The summed E-state index contributed by atoms with van der Waals surface area (Å²) in [5, 5.41) is 2.84. The zero-order chi connectivity index (χ0) is 21.4. The summed E-state index contributed by atoms with van der Waals surface area (Å²) in [6.45, 7) is 1.91. The lowest BCUT2D eigenvalue weighted by molar-refractivity contribution is -0.122. The summed E-state index contributed by atoms with van der Waals surface area (Å²) in [4.78, 5) is 38.8. The minimum absolute atomic E-state index is 0.146. The number of hydrogen-bond donors (Lipinski definition) is 1. The first kappa shape index (κ1) is 20.1. The Hall–Kier alpha value is -3.16. The number of nitrogens with one attached hydrogen (secondary N) is 1. The Morgan fingerprint density at radius 3 is 2.53 bits per heavy atom. The van der Waals surface area contributed by atoms with Gasteiger partial charge in [0.2, 0.25) is 0 Å². The van der Waals surface area contributed by atoms with Crippen LogP contribution >= 0.6 is 27.5 Å². The fourth-order valence-electron chi connectivity index (χ4n) is 3.13. The molecular formula is C22H15BrClN3O3. The molecule has 3 aromatic rings. The number of halogens is 2. The average Bonchev–Trinajstić information content (AvgIpc) is 3.15. The van der Waals surface area contributed by atoms with Crippen molar-refractivity contribution in [3.8, 4) is 5.69 Å². The van der Waals surface area contributed by atoms with Gasteiger partial charge in [0.15, 0.2) is 0 Å². The number of urea groups is 1. The van der Waals surface area contributed by atoms with Crippen LogP contribution in [0.15, 0.2) is 70.8 Å². The smallest absolute Gasteiger partial charge is 0.317 e. The van der Waals surface area contributed by atoms with Gasteiger partial charge in [-0.15, -0.1) is 0 Å². The SMILES string of the molecule is Cc1ccc(-n2cccc2/C=C2\C(=O)NC(=O)N(c3cccc(Br)c3)C2=O)cc1Cl. The molecule has 6 nitrogen and oxygen atoms in total. The van der Waals surface area contributed by atoms with Gasteiger partial charge >= 0.3 is 6.03 Å². The molecule has 0 bridgehead atoms. The second-order valence-corrected chi connectivity index (χ2v) is 8.00. The lowest BCUT2D eigenvalue weighted by atomic mass is 10.1. The zero-order valence-electron chi connectivity index (χ0n) is 15.7. The van der Waals surface area contributed by atoms with Gasteiger partial charge in [0, 0.05) is 27.1 Å². The Bertz CT molecular complexity index is 1230. The Morgan fingerprint density at radius 2 is 1.80 bits per heavy atom. The lowest BCUT2D eigenvalue weighted by Crippen LogP contribution is -2.54. The summed E-state index contributed by atoms with van der Waals surface area (Å²) < 4.78 is 2.51. The second-order valence-electron chi connectivity index (χ2n) is 6.67. The van der Waals surface area contributed by atoms with Crippen LogP contribution in [0.4, 0.5) is 10.5 Å². The zero-order valence-corrected chi connectivity index (χ0v) is 18.1. The van der Waals surface area contributed by atoms with Crippen molar-refractivity contribution in [2.75, 3.05) is 4.90 Å². The van der Waals surface area contributed by atoms with Crippen LogP contribution in [0.2, 0.25) is 5.02 Å². The van der Waals surface area contributed by atoms with E-state index in [-0.39, 0.29) is 5.57 Å². The highest BCUT2D eigenvalue weighted by atomic mass is 79.9. The number of anilines is 1. The van der Waals surface area contributed by atoms with Crippen LogP contribution < -0.4 is 10.2 Å².